The fraction of sp³-hybridized carbons (Fsp3) is 0.239. The molecule has 0 bridgehead atoms. The molecule has 0 N–H and O–H groups in total. The Kier molecular flexibility index (Phi) is 13.8. The van der Waals surface area contributed by atoms with E-state index in [1.807, 2.05) is 18.2 Å². The van der Waals surface area contributed by atoms with Crippen LogP contribution in [0, 0.1) is 11.3 Å². The van der Waals surface area contributed by atoms with Crippen LogP contribution in [-0.2, 0) is 32.5 Å². The highest BCUT2D eigenvalue weighted by Gasteiger charge is 2.39. The van der Waals surface area contributed by atoms with Crippen molar-refractivity contribution in [3.8, 4) is 96.1 Å². The molecule has 3 heterocycles. The smallest absolute Gasteiger partial charge is 0.166 e. The number of benzene rings is 11. The molecule has 0 saturated heterocycles. The molecular formula is C92H84N6. The van der Waals surface area contributed by atoms with Gasteiger partial charge in [-0.05, 0) is 202 Å². The number of hydrogen-bond acceptors (Lipinski definition) is 4. The van der Waals surface area contributed by atoms with Crippen LogP contribution in [0.5, 0.6) is 0 Å². The van der Waals surface area contributed by atoms with Gasteiger partial charge in [-0.3, -0.25) is 0 Å². The van der Waals surface area contributed by atoms with E-state index in [1.165, 1.54) is 88.3 Å². The number of nitriles is 1. The molecule has 482 valence electrons. The van der Waals surface area contributed by atoms with Crippen molar-refractivity contribution < 1.29 is 0 Å². The van der Waals surface area contributed by atoms with E-state index in [2.05, 4.69) is 326 Å². The van der Waals surface area contributed by atoms with Crippen LogP contribution in [0.1, 0.15) is 161 Å². The molecule has 0 unspecified atom stereocenters. The lowest BCUT2D eigenvalue weighted by Crippen LogP contribution is -2.17. The molecule has 0 atom stereocenters. The second-order valence-electron chi connectivity index (χ2n) is 32.9. The molecule has 3 aromatic heterocycles. The Labute approximate surface area is 577 Å². The molecule has 0 radical (unpaired) electrons. The van der Waals surface area contributed by atoms with Crippen molar-refractivity contribution >= 4 is 43.6 Å². The molecule has 0 saturated carbocycles. The van der Waals surface area contributed by atoms with E-state index in [1.54, 1.807) is 0 Å². The number of rotatable bonds is 7. The van der Waals surface area contributed by atoms with Crippen LogP contribution >= 0.6 is 0 Å². The summed E-state index contributed by atoms with van der Waals surface area (Å²) in [5, 5.41) is 15.1. The van der Waals surface area contributed by atoms with E-state index in [4.69, 9.17) is 15.0 Å². The lowest BCUT2D eigenvalue weighted by Gasteiger charge is -2.26. The second-order valence-corrected chi connectivity index (χ2v) is 32.9. The molecular weight excluding hydrogens is 1190 g/mol. The first-order valence-corrected chi connectivity index (χ1v) is 34.8. The molecule has 2 aliphatic rings. The fourth-order valence-corrected chi connectivity index (χ4v) is 15.8. The zero-order chi connectivity index (χ0) is 68.5. The highest BCUT2D eigenvalue weighted by molar-refractivity contribution is 6.14. The van der Waals surface area contributed by atoms with E-state index in [-0.39, 0.29) is 32.5 Å². The van der Waals surface area contributed by atoms with Gasteiger partial charge in [-0.2, -0.15) is 5.26 Å². The van der Waals surface area contributed by atoms with E-state index in [0.717, 1.165) is 72.4 Å². The molecule has 98 heavy (non-hydrogen) atoms. The van der Waals surface area contributed by atoms with Crippen LogP contribution in [0.15, 0.2) is 218 Å². The second kappa shape index (κ2) is 21.8. The van der Waals surface area contributed by atoms with Gasteiger partial charge in [0.1, 0.15) is 0 Å². The van der Waals surface area contributed by atoms with Gasteiger partial charge in [0, 0.05) is 54.6 Å². The third kappa shape index (κ3) is 9.97. The average Bonchev–Trinajstić information content (AvgIpc) is 1.55. The van der Waals surface area contributed by atoms with Crippen LogP contribution in [0.2, 0.25) is 0 Å². The SMILES string of the molecule is CC(C)(C)c1cc(-c2nc(-c3cc(C(C)(C)C)cc(C(C)(C)C)c3)nc(-c3cc(-c4cc(-c5cccc(C#N)c5)ccc4-n4c5ccccc5c5cc6c(cc54)C(C)(C)c4ccccc4-6)ccc3-n3c4ccccc4c4cc5c(cc43)C(C)(C)c3ccccc3-5)n2)cc(C(C)(C)C)c1. The molecule has 0 fully saturated rings. The number of para-hydroxylation sites is 2. The monoisotopic (exact) mass is 1270 g/mol. The average molecular weight is 1270 g/mol. The maximum Gasteiger partial charge on any atom is 0.166 e. The quantitative estimate of drug-likeness (QED) is 0.159. The summed E-state index contributed by atoms with van der Waals surface area (Å²) in [6, 6.07) is 83.8. The predicted molar refractivity (Wildman–Crippen MR) is 410 cm³/mol. The Morgan fingerprint density at radius 2 is 0.694 bits per heavy atom. The molecule has 6 heteroatoms. The summed E-state index contributed by atoms with van der Waals surface area (Å²) in [7, 11) is 0. The van der Waals surface area contributed by atoms with Gasteiger partial charge >= 0.3 is 0 Å². The van der Waals surface area contributed by atoms with Crippen LogP contribution < -0.4 is 0 Å². The van der Waals surface area contributed by atoms with Gasteiger partial charge < -0.3 is 9.13 Å². The van der Waals surface area contributed by atoms with Crippen LogP contribution in [0.25, 0.3) is 134 Å². The first-order valence-electron chi connectivity index (χ1n) is 34.8. The normalized spacial score (nSPS) is 14.1. The summed E-state index contributed by atoms with van der Waals surface area (Å²) in [6.45, 7) is 37.0. The third-order valence-electron chi connectivity index (χ3n) is 21.6. The van der Waals surface area contributed by atoms with Crippen molar-refractivity contribution in [1.82, 2.24) is 24.1 Å². The van der Waals surface area contributed by atoms with Gasteiger partial charge in [-0.1, -0.05) is 232 Å². The van der Waals surface area contributed by atoms with Crippen molar-refractivity contribution in [2.24, 2.45) is 0 Å². The summed E-state index contributed by atoms with van der Waals surface area (Å²) in [4.78, 5) is 17.5. The summed E-state index contributed by atoms with van der Waals surface area (Å²) in [5.74, 6) is 1.78. The van der Waals surface area contributed by atoms with Gasteiger partial charge in [0.2, 0.25) is 0 Å². The molecule has 16 rings (SSSR count). The van der Waals surface area contributed by atoms with Crippen molar-refractivity contribution in [2.45, 2.75) is 143 Å². The first kappa shape index (κ1) is 62.3. The van der Waals surface area contributed by atoms with Gasteiger partial charge in [0.15, 0.2) is 17.5 Å². The molecule has 6 nitrogen and oxygen atoms in total. The minimum atomic E-state index is -0.256. The van der Waals surface area contributed by atoms with Crippen LogP contribution in [0.4, 0.5) is 0 Å². The summed E-state index contributed by atoms with van der Waals surface area (Å²) in [5.41, 5.74) is 27.8. The molecule has 14 aromatic rings. The maximum absolute atomic E-state index is 10.4. The molecule has 2 aliphatic carbocycles. The van der Waals surface area contributed by atoms with Crippen molar-refractivity contribution in [1.29, 1.82) is 5.26 Å². The Balaban J connectivity index is 1.04. The molecule has 11 aromatic carbocycles. The summed E-state index contributed by atoms with van der Waals surface area (Å²) < 4.78 is 4.99. The summed E-state index contributed by atoms with van der Waals surface area (Å²) >= 11 is 0. The maximum atomic E-state index is 10.4. The highest BCUT2D eigenvalue weighted by Crippen LogP contribution is 2.54. The molecule has 0 aliphatic heterocycles. The Morgan fingerprint density at radius 1 is 0.296 bits per heavy atom. The third-order valence-corrected chi connectivity index (χ3v) is 21.6. The fourth-order valence-electron chi connectivity index (χ4n) is 15.8. The zero-order valence-corrected chi connectivity index (χ0v) is 59.5. The largest absolute Gasteiger partial charge is 0.309 e. The standard InChI is InChI=1S/C92H84N6/c1-87(2,3)60-41-58(42-61(47-60)88(4,5)6)84-94-85(59-43-62(89(7,8)9)48-63(44-59)90(10,11)12)96-86(95-84)73-46-57(37-39-81(73)98-79-35-24-20-31-67(79)72-50-70-65-29-18-22-33-75(65)92(15,16)77(70)52-83(72)98)68-45-56(55-27-25-26-54(40-55)53-93)36-38-80(68)97-78-34-23-19-30-66(78)71-49-69-64-28-17-21-32-74(64)91(13,14)76(69)51-82(71)97/h17-52H,1-16H3. The van der Waals surface area contributed by atoms with Gasteiger partial charge in [-0.15, -0.1) is 0 Å². The van der Waals surface area contributed by atoms with Gasteiger partial charge in [0.05, 0.1) is 45.1 Å². The highest BCUT2D eigenvalue weighted by atomic mass is 15.1. The zero-order valence-electron chi connectivity index (χ0n) is 59.5. The summed E-state index contributed by atoms with van der Waals surface area (Å²) in [6.07, 6.45) is 0. The van der Waals surface area contributed by atoms with Crippen molar-refractivity contribution in [2.75, 3.05) is 0 Å². The predicted octanol–water partition coefficient (Wildman–Crippen LogP) is 24.1. The Morgan fingerprint density at radius 3 is 1.15 bits per heavy atom. The number of aromatic nitrogens is 5. The Bertz CT molecular complexity index is 5590. The minimum Gasteiger partial charge on any atom is -0.309 e. The van der Waals surface area contributed by atoms with Crippen LogP contribution in [-0.4, -0.2) is 24.1 Å². The Hall–Kier alpha value is -10.5. The molecule has 0 spiro atoms. The molecule has 0 amide bonds. The number of fused-ring (bicyclic) bond motifs is 12. The van der Waals surface area contributed by atoms with E-state index in [0.29, 0.717) is 23.0 Å². The van der Waals surface area contributed by atoms with Crippen molar-refractivity contribution in [3.05, 3.63) is 268 Å². The topological polar surface area (TPSA) is 72.3 Å². The number of hydrogen-bond donors (Lipinski definition) is 0. The van der Waals surface area contributed by atoms with Gasteiger partial charge in [0.25, 0.3) is 0 Å². The lowest BCUT2D eigenvalue weighted by atomic mass is 9.79. The van der Waals surface area contributed by atoms with E-state index in [9.17, 15) is 5.26 Å². The van der Waals surface area contributed by atoms with Crippen LogP contribution in [0.3, 0.4) is 0 Å². The first-order chi connectivity index (χ1) is 46.5. The number of nitrogens with zero attached hydrogens (tertiary/aromatic N) is 6. The minimum absolute atomic E-state index is 0.175. The van der Waals surface area contributed by atoms with Crippen molar-refractivity contribution in [3.63, 3.8) is 0 Å². The van der Waals surface area contributed by atoms with E-state index < -0.39 is 0 Å². The lowest BCUT2D eigenvalue weighted by molar-refractivity contribution is 0.568. The van der Waals surface area contributed by atoms with E-state index >= 15 is 0 Å². The van der Waals surface area contributed by atoms with Gasteiger partial charge in [-0.25, -0.2) is 15.0 Å².